The van der Waals surface area contributed by atoms with E-state index in [1.165, 1.54) is 11.1 Å². The molecule has 3 heterocycles. The summed E-state index contributed by atoms with van der Waals surface area (Å²) in [7, 11) is 0. The Hall–Kier alpha value is -1.10. The van der Waals surface area contributed by atoms with Crippen molar-refractivity contribution in [3.05, 3.63) is 45.0 Å². The molecule has 0 aliphatic heterocycles. The number of fused-ring (bicyclic) bond motifs is 1. The van der Waals surface area contributed by atoms with Crippen molar-refractivity contribution in [1.29, 1.82) is 0 Å². The Balaban J connectivity index is 2.13. The van der Waals surface area contributed by atoms with Crippen molar-refractivity contribution in [3.63, 3.8) is 0 Å². The van der Waals surface area contributed by atoms with Gasteiger partial charge in [0, 0.05) is 6.20 Å². The number of nitrogens with zero attached hydrogens (tertiary/aromatic N) is 3. The van der Waals surface area contributed by atoms with Gasteiger partial charge in [-0.15, -0.1) is 11.6 Å². The molecule has 3 aromatic rings. The lowest BCUT2D eigenvalue weighted by Gasteiger charge is -2.06. The maximum absolute atomic E-state index is 5.98. The Morgan fingerprint density at radius 2 is 2.21 bits per heavy atom. The Kier molecular flexibility index (Phi) is 3.48. The van der Waals surface area contributed by atoms with Crippen LogP contribution in [-0.2, 0) is 12.4 Å². The van der Waals surface area contributed by atoms with E-state index in [9.17, 15) is 0 Å². The van der Waals surface area contributed by atoms with Crippen LogP contribution < -0.4 is 0 Å². The predicted octanol–water partition coefficient (Wildman–Crippen LogP) is 4.24. The topological polar surface area (TPSA) is 30.7 Å². The van der Waals surface area contributed by atoms with Gasteiger partial charge in [-0.1, -0.05) is 11.6 Å². The summed E-state index contributed by atoms with van der Waals surface area (Å²) in [6.07, 6.45) is 1.64. The molecule has 98 valence electrons. The van der Waals surface area contributed by atoms with Crippen molar-refractivity contribution in [3.8, 4) is 0 Å². The molecule has 0 atom stereocenters. The predicted molar refractivity (Wildman–Crippen MR) is 80.3 cm³/mol. The number of aryl methyl sites for hydroxylation is 1. The van der Waals surface area contributed by atoms with Gasteiger partial charge in [-0.2, -0.15) is 11.3 Å². The molecule has 0 aromatic carbocycles. The van der Waals surface area contributed by atoms with Crippen molar-refractivity contribution in [2.45, 2.75) is 19.3 Å². The van der Waals surface area contributed by atoms with Crippen LogP contribution in [0.4, 0.5) is 0 Å². The molecular formula is C13H11Cl2N3S. The second kappa shape index (κ2) is 5.12. The van der Waals surface area contributed by atoms with E-state index in [1.54, 1.807) is 17.5 Å². The summed E-state index contributed by atoms with van der Waals surface area (Å²) in [4.78, 5) is 8.86. The summed E-state index contributed by atoms with van der Waals surface area (Å²) < 4.78 is 2.05. The summed E-state index contributed by atoms with van der Waals surface area (Å²) in [6, 6.07) is 1.82. The molecule has 0 unspecified atom stereocenters. The zero-order valence-electron chi connectivity index (χ0n) is 10.2. The minimum absolute atomic E-state index is 0.358. The largest absolute Gasteiger partial charge is 0.307 e. The third kappa shape index (κ3) is 2.36. The van der Waals surface area contributed by atoms with Crippen LogP contribution in [0.1, 0.15) is 17.0 Å². The highest BCUT2D eigenvalue weighted by Gasteiger charge is 2.13. The number of alkyl halides is 1. The van der Waals surface area contributed by atoms with E-state index in [0.717, 1.165) is 23.5 Å². The van der Waals surface area contributed by atoms with Crippen molar-refractivity contribution >= 4 is 45.7 Å². The SMILES string of the molecule is Cc1cscc1Cn1c(CCl)nc2cc(Cl)cnc21. The van der Waals surface area contributed by atoms with Crippen molar-refractivity contribution in [2.24, 2.45) is 0 Å². The first-order chi connectivity index (χ1) is 9.19. The highest BCUT2D eigenvalue weighted by molar-refractivity contribution is 7.08. The molecule has 0 bridgehead atoms. The molecule has 3 aromatic heterocycles. The smallest absolute Gasteiger partial charge is 0.160 e. The molecule has 0 fully saturated rings. The van der Waals surface area contributed by atoms with E-state index in [-0.39, 0.29) is 0 Å². The number of thiophene rings is 1. The van der Waals surface area contributed by atoms with Gasteiger partial charge < -0.3 is 4.57 Å². The average Bonchev–Trinajstić information content (AvgIpc) is 2.94. The van der Waals surface area contributed by atoms with Crippen LogP contribution in [0.25, 0.3) is 11.2 Å². The third-order valence-electron chi connectivity index (χ3n) is 3.04. The lowest BCUT2D eigenvalue weighted by Crippen LogP contribution is -2.04. The molecular weight excluding hydrogens is 301 g/mol. The molecule has 0 saturated heterocycles. The van der Waals surface area contributed by atoms with Crippen molar-refractivity contribution in [1.82, 2.24) is 14.5 Å². The summed E-state index contributed by atoms with van der Waals surface area (Å²) in [5, 5.41) is 4.87. The van der Waals surface area contributed by atoms with Gasteiger partial charge in [0.15, 0.2) is 5.65 Å². The number of halogens is 2. The molecule has 6 heteroatoms. The van der Waals surface area contributed by atoms with Gasteiger partial charge in [-0.3, -0.25) is 0 Å². The normalized spacial score (nSPS) is 11.3. The second-order valence-electron chi connectivity index (χ2n) is 4.32. The van der Waals surface area contributed by atoms with Gasteiger partial charge in [-0.25, -0.2) is 9.97 Å². The first-order valence-corrected chi connectivity index (χ1v) is 7.63. The number of rotatable bonds is 3. The second-order valence-corrected chi connectivity index (χ2v) is 5.77. The Bertz CT molecular complexity index is 733. The Morgan fingerprint density at radius 3 is 2.89 bits per heavy atom. The first-order valence-electron chi connectivity index (χ1n) is 5.77. The number of imidazole rings is 1. The van der Waals surface area contributed by atoms with Gasteiger partial charge in [0.1, 0.15) is 11.3 Å². The van der Waals surface area contributed by atoms with Crippen LogP contribution in [0.2, 0.25) is 5.02 Å². The Morgan fingerprint density at radius 1 is 1.37 bits per heavy atom. The van der Waals surface area contributed by atoms with E-state index in [4.69, 9.17) is 23.2 Å². The van der Waals surface area contributed by atoms with E-state index in [1.807, 2.05) is 10.6 Å². The van der Waals surface area contributed by atoms with Gasteiger partial charge >= 0.3 is 0 Å². The van der Waals surface area contributed by atoms with E-state index < -0.39 is 0 Å². The maximum atomic E-state index is 5.98. The summed E-state index contributed by atoms with van der Waals surface area (Å²) in [6.45, 7) is 2.85. The molecule has 3 rings (SSSR count). The standard InChI is InChI=1S/C13H11Cl2N3S/c1-8-6-19-7-9(8)5-18-12(3-14)17-11-2-10(15)4-16-13(11)18/h2,4,6-7H,3,5H2,1H3. The quantitative estimate of drug-likeness (QED) is 0.677. The molecule has 3 nitrogen and oxygen atoms in total. The first kappa shape index (κ1) is 12.9. The lowest BCUT2D eigenvalue weighted by atomic mass is 10.2. The molecule has 0 aliphatic rings. The number of pyridine rings is 1. The summed E-state index contributed by atoms with van der Waals surface area (Å²) in [5.74, 6) is 1.17. The van der Waals surface area contributed by atoms with Crippen LogP contribution >= 0.6 is 34.5 Å². The minimum atomic E-state index is 0.358. The number of hydrogen-bond acceptors (Lipinski definition) is 3. The van der Waals surface area contributed by atoms with E-state index in [0.29, 0.717) is 10.9 Å². The average molecular weight is 312 g/mol. The minimum Gasteiger partial charge on any atom is -0.307 e. The third-order valence-corrected chi connectivity index (χ3v) is 4.40. The molecule has 0 saturated carbocycles. The van der Waals surface area contributed by atoms with E-state index in [2.05, 4.69) is 27.7 Å². The van der Waals surface area contributed by atoms with Crippen molar-refractivity contribution in [2.75, 3.05) is 0 Å². The fourth-order valence-electron chi connectivity index (χ4n) is 2.02. The van der Waals surface area contributed by atoms with Gasteiger partial charge in [0.25, 0.3) is 0 Å². The Labute approximate surface area is 124 Å². The van der Waals surface area contributed by atoms with Crippen LogP contribution in [0.5, 0.6) is 0 Å². The van der Waals surface area contributed by atoms with Crippen LogP contribution in [0.15, 0.2) is 23.0 Å². The maximum Gasteiger partial charge on any atom is 0.160 e. The summed E-state index contributed by atoms with van der Waals surface area (Å²) in [5.41, 5.74) is 4.16. The molecule has 0 spiro atoms. The molecule has 0 radical (unpaired) electrons. The van der Waals surface area contributed by atoms with Crippen LogP contribution in [0, 0.1) is 6.92 Å². The fourth-order valence-corrected chi connectivity index (χ4v) is 3.22. The van der Waals surface area contributed by atoms with Crippen LogP contribution in [0.3, 0.4) is 0 Å². The molecule has 0 amide bonds. The number of aromatic nitrogens is 3. The van der Waals surface area contributed by atoms with Gasteiger partial charge in [0.2, 0.25) is 0 Å². The van der Waals surface area contributed by atoms with Crippen LogP contribution in [-0.4, -0.2) is 14.5 Å². The van der Waals surface area contributed by atoms with Gasteiger partial charge in [-0.05, 0) is 34.9 Å². The zero-order chi connectivity index (χ0) is 13.4. The lowest BCUT2D eigenvalue weighted by molar-refractivity contribution is 0.769. The van der Waals surface area contributed by atoms with Crippen molar-refractivity contribution < 1.29 is 0 Å². The van der Waals surface area contributed by atoms with Gasteiger partial charge in [0.05, 0.1) is 17.4 Å². The number of hydrogen-bond donors (Lipinski definition) is 0. The molecule has 0 N–H and O–H groups in total. The molecule has 0 aliphatic carbocycles. The summed E-state index contributed by atoms with van der Waals surface area (Å²) >= 11 is 13.6. The molecule has 19 heavy (non-hydrogen) atoms. The van der Waals surface area contributed by atoms with E-state index >= 15 is 0 Å². The highest BCUT2D eigenvalue weighted by Crippen LogP contribution is 2.22. The zero-order valence-corrected chi connectivity index (χ0v) is 12.6. The monoisotopic (exact) mass is 311 g/mol. The highest BCUT2D eigenvalue weighted by atomic mass is 35.5. The fraction of sp³-hybridized carbons (Fsp3) is 0.231.